The van der Waals surface area contributed by atoms with Crippen molar-refractivity contribution in [1.29, 1.82) is 0 Å². The number of nitrogens with one attached hydrogen (secondary N) is 1. The molecule has 132 valence electrons. The first-order chi connectivity index (χ1) is 12.0. The maximum atomic E-state index is 12.3. The van der Waals surface area contributed by atoms with Crippen LogP contribution in [0.4, 0.5) is 5.69 Å². The number of anilines is 1. The highest BCUT2D eigenvalue weighted by Crippen LogP contribution is 2.16. The third-order valence-corrected chi connectivity index (χ3v) is 3.29. The van der Waals surface area contributed by atoms with Crippen molar-refractivity contribution in [2.45, 2.75) is 33.3 Å². The average molecular weight is 341 g/mol. The molecule has 0 bridgehead atoms. The highest BCUT2D eigenvalue weighted by Gasteiger charge is 2.11. The Bertz CT molecular complexity index is 723. The third kappa shape index (κ3) is 5.64. The molecular formula is C20H23NO4. The van der Waals surface area contributed by atoms with Gasteiger partial charge in [0.2, 0.25) is 0 Å². The predicted molar refractivity (Wildman–Crippen MR) is 97.2 cm³/mol. The highest BCUT2D eigenvalue weighted by atomic mass is 16.5. The summed E-state index contributed by atoms with van der Waals surface area (Å²) in [6.07, 6.45) is 0.733. The quantitative estimate of drug-likeness (QED) is 0.763. The van der Waals surface area contributed by atoms with Gasteiger partial charge in [-0.15, -0.1) is 0 Å². The topological polar surface area (TPSA) is 64.6 Å². The van der Waals surface area contributed by atoms with Gasteiger partial charge in [-0.1, -0.05) is 13.0 Å². The number of hydrogen-bond acceptors (Lipinski definition) is 4. The maximum absolute atomic E-state index is 12.3. The summed E-state index contributed by atoms with van der Waals surface area (Å²) in [5.41, 5.74) is 1.56. The second kappa shape index (κ2) is 8.87. The van der Waals surface area contributed by atoms with E-state index in [1.807, 2.05) is 13.0 Å². The standard InChI is InChI=1S/C20H23NO4/c1-4-12-24-18-7-5-6-16(13-18)19(22)21-17-10-8-15(9-11-17)20(23)25-14(2)3/h5-11,13-14H,4,12H2,1-3H3,(H,21,22). The number of carbonyl (C=O) groups excluding carboxylic acids is 2. The Morgan fingerprint density at radius 2 is 1.76 bits per heavy atom. The molecule has 2 aromatic rings. The van der Waals surface area contributed by atoms with Crippen molar-refractivity contribution in [3.05, 3.63) is 59.7 Å². The van der Waals surface area contributed by atoms with Crippen LogP contribution in [0.2, 0.25) is 0 Å². The van der Waals surface area contributed by atoms with E-state index >= 15 is 0 Å². The van der Waals surface area contributed by atoms with Crippen LogP contribution in [-0.2, 0) is 4.74 Å². The van der Waals surface area contributed by atoms with Crippen LogP contribution in [0.3, 0.4) is 0 Å². The van der Waals surface area contributed by atoms with Crippen LogP contribution in [0.5, 0.6) is 5.75 Å². The molecule has 0 saturated heterocycles. The summed E-state index contributed by atoms with van der Waals surface area (Å²) in [5, 5.41) is 2.80. The second-order valence-corrected chi connectivity index (χ2v) is 5.86. The van der Waals surface area contributed by atoms with Gasteiger partial charge in [-0.25, -0.2) is 4.79 Å². The number of hydrogen-bond donors (Lipinski definition) is 1. The largest absolute Gasteiger partial charge is 0.494 e. The van der Waals surface area contributed by atoms with Crippen molar-refractivity contribution < 1.29 is 19.1 Å². The summed E-state index contributed by atoms with van der Waals surface area (Å²) in [6, 6.07) is 13.6. The molecule has 0 saturated carbocycles. The molecule has 0 unspecified atom stereocenters. The Labute approximate surface area is 148 Å². The summed E-state index contributed by atoms with van der Waals surface area (Å²) in [7, 11) is 0. The Morgan fingerprint density at radius 3 is 2.40 bits per heavy atom. The van der Waals surface area contributed by atoms with Crippen LogP contribution in [0.25, 0.3) is 0 Å². The fourth-order valence-corrected chi connectivity index (χ4v) is 2.12. The molecule has 1 N–H and O–H groups in total. The van der Waals surface area contributed by atoms with E-state index in [0.29, 0.717) is 29.2 Å². The van der Waals surface area contributed by atoms with Gasteiger partial charge in [0.1, 0.15) is 5.75 Å². The fraction of sp³-hybridized carbons (Fsp3) is 0.300. The van der Waals surface area contributed by atoms with Crippen LogP contribution >= 0.6 is 0 Å². The summed E-state index contributed by atoms with van der Waals surface area (Å²) in [6.45, 7) is 6.23. The zero-order valence-corrected chi connectivity index (χ0v) is 14.7. The summed E-state index contributed by atoms with van der Waals surface area (Å²) in [4.78, 5) is 24.2. The molecule has 0 spiro atoms. The maximum Gasteiger partial charge on any atom is 0.338 e. The van der Waals surface area contributed by atoms with Gasteiger partial charge >= 0.3 is 5.97 Å². The molecule has 0 radical (unpaired) electrons. The molecule has 5 heteroatoms. The van der Waals surface area contributed by atoms with Gasteiger partial charge in [-0.3, -0.25) is 4.79 Å². The van der Waals surface area contributed by atoms with Gasteiger partial charge in [0, 0.05) is 11.3 Å². The summed E-state index contributed by atoms with van der Waals surface area (Å²) < 4.78 is 10.7. The molecule has 0 aliphatic carbocycles. The zero-order chi connectivity index (χ0) is 18.2. The number of amides is 1. The van der Waals surface area contributed by atoms with Crippen molar-refractivity contribution in [2.24, 2.45) is 0 Å². The molecule has 0 aromatic heterocycles. The lowest BCUT2D eigenvalue weighted by Gasteiger charge is -2.10. The van der Waals surface area contributed by atoms with Gasteiger partial charge in [-0.2, -0.15) is 0 Å². The number of rotatable bonds is 7. The van der Waals surface area contributed by atoms with Crippen molar-refractivity contribution in [3.63, 3.8) is 0 Å². The van der Waals surface area contributed by atoms with Crippen molar-refractivity contribution in [2.75, 3.05) is 11.9 Å². The van der Waals surface area contributed by atoms with E-state index in [9.17, 15) is 9.59 Å². The first-order valence-corrected chi connectivity index (χ1v) is 8.35. The minimum atomic E-state index is -0.381. The van der Waals surface area contributed by atoms with E-state index in [0.717, 1.165) is 6.42 Å². The van der Waals surface area contributed by atoms with Crippen LogP contribution in [0, 0.1) is 0 Å². The minimum absolute atomic E-state index is 0.172. The molecule has 2 aromatic carbocycles. The lowest BCUT2D eigenvalue weighted by atomic mass is 10.1. The molecule has 2 rings (SSSR count). The van der Waals surface area contributed by atoms with E-state index in [-0.39, 0.29) is 18.0 Å². The van der Waals surface area contributed by atoms with E-state index in [1.165, 1.54) is 0 Å². The molecule has 1 amide bonds. The lowest BCUT2D eigenvalue weighted by Crippen LogP contribution is -2.13. The first-order valence-electron chi connectivity index (χ1n) is 8.35. The van der Waals surface area contributed by atoms with E-state index in [2.05, 4.69) is 5.32 Å². The molecule has 0 aliphatic heterocycles. The predicted octanol–water partition coefficient (Wildman–Crippen LogP) is 4.29. The SMILES string of the molecule is CCCOc1cccc(C(=O)Nc2ccc(C(=O)OC(C)C)cc2)c1. The summed E-state index contributed by atoms with van der Waals surface area (Å²) >= 11 is 0. The second-order valence-electron chi connectivity index (χ2n) is 5.86. The smallest absolute Gasteiger partial charge is 0.338 e. The van der Waals surface area contributed by atoms with Gasteiger partial charge in [0.25, 0.3) is 5.91 Å². The van der Waals surface area contributed by atoms with Gasteiger partial charge in [0.05, 0.1) is 18.3 Å². The monoisotopic (exact) mass is 341 g/mol. The Morgan fingerprint density at radius 1 is 1.04 bits per heavy atom. The van der Waals surface area contributed by atoms with Crippen LogP contribution < -0.4 is 10.1 Å². The molecular weight excluding hydrogens is 318 g/mol. The van der Waals surface area contributed by atoms with E-state index < -0.39 is 0 Å². The lowest BCUT2D eigenvalue weighted by molar-refractivity contribution is 0.0378. The average Bonchev–Trinajstić information content (AvgIpc) is 2.60. The molecule has 0 atom stereocenters. The van der Waals surface area contributed by atoms with Crippen LogP contribution in [0.1, 0.15) is 47.9 Å². The van der Waals surface area contributed by atoms with Crippen LogP contribution in [0.15, 0.2) is 48.5 Å². The Hall–Kier alpha value is -2.82. The highest BCUT2D eigenvalue weighted by molar-refractivity contribution is 6.04. The van der Waals surface area contributed by atoms with E-state index in [1.54, 1.807) is 56.3 Å². The minimum Gasteiger partial charge on any atom is -0.494 e. The fourth-order valence-electron chi connectivity index (χ4n) is 2.12. The van der Waals surface area contributed by atoms with Crippen LogP contribution in [-0.4, -0.2) is 24.6 Å². The zero-order valence-electron chi connectivity index (χ0n) is 14.7. The molecule has 25 heavy (non-hydrogen) atoms. The van der Waals surface area contributed by atoms with Crippen molar-refractivity contribution in [3.8, 4) is 5.75 Å². The van der Waals surface area contributed by atoms with Gasteiger partial charge in [-0.05, 0) is 62.7 Å². The number of esters is 1. The molecule has 0 heterocycles. The van der Waals surface area contributed by atoms with E-state index in [4.69, 9.17) is 9.47 Å². The van der Waals surface area contributed by atoms with Gasteiger partial charge in [0.15, 0.2) is 0 Å². The summed E-state index contributed by atoms with van der Waals surface area (Å²) in [5.74, 6) is 0.0504. The number of benzene rings is 2. The normalized spacial score (nSPS) is 10.4. The Balaban J connectivity index is 2.02. The number of carbonyl (C=O) groups is 2. The Kier molecular flexibility index (Phi) is 6.57. The third-order valence-electron chi connectivity index (χ3n) is 3.29. The molecule has 0 aliphatic rings. The first kappa shape index (κ1) is 18.5. The van der Waals surface area contributed by atoms with Crippen molar-refractivity contribution >= 4 is 17.6 Å². The number of ether oxygens (including phenoxy) is 2. The molecule has 0 fully saturated rings. The van der Waals surface area contributed by atoms with Crippen molar-refractivity contribution in [1.82, 2.24) is 0 Å². The van der Waals surface area contributed by atoms with Gasteiger partial charge < -0.3 is 14.8 Å². The molecule has 5 nitrogen and oxygen atoms in total.